The molecule has 20 heavy (non-hydrogen) atoms. The first-order valence-electron chi connectivity index (χ1n) is 7.81. The third-order valence-electron chi connectivity index (χ3n) is 4.52. The van der Waals surface area contributed by atoms with Gasteiger partial charge < -0.3 is 10.1 Å². The average molecular weight is 276 g/mol. The monoisotopic (exact) mass is 276 g/mol. The molecule has 1 heterocycles. The van der Waals surface area contributed by atoms with Gasteiger partial charge in [0.15, 0.2) is 0 Å². The highest BCUT2D eigenvalue weighted by molar-refractivity contribution is 5.40. The molecule has 1 aliphatic carbocycles. The fraction of sp³-hybridized carbons (Fsp3) is 0.706. The van der Waals surface area contributed by atoms with Crippen LogP contribution in [0.4, 0.5) is 0 Å². The van der Waals surface area contributed by atoms with E-state index in [4.69, 9.17) is 4.74 Å². The molecular formula is C17H28N2O. The Kier molecular flexibility index (Phi) is 5.41. The number of nitrogens with one attached hydrogen (secondary N) is 1. The van der Waals surface area contributed by atoms with Gasteiger partial charge in [0.05, 0.1) is 12.8 Å². The molecule has 0 spiro atoms. The van der Waals surface area contributed by atoms with Crippen LogP contribution in [0.2, 0.25) is 0 Å². The van der Waals surface area contributed by atoms with E-state index in [1.807, 2.05) is 13.1 Å². The zero-order chi connectivity index (χ0) is 14.5. The smallest absolute Gasteiger partial charge is 0.128 e. The summed E-state index contributed by atoms with van der Waals surface area (Å²) in [6, 6.07) is 0. The van der Waals surface area contributed by atoms with E-state index in [0.29, 0.717) is 0 Å². The molecule has 2 atom stereocenters. The molecular weight excluding hydrogens is 248 g/mol. The average Bonchev–Trinajstić information content (AvgIpc) is 2.42. The normalized spacial score (nSPS) is 22.8. The number of methoxy groups -OCH3 is 1. The predicted octanol–water partition coefficient (Wildman–Crippen LogP) is 3.62. The Hall–Kier alpha value is -1.09. The first kappa shape index (κ1) is 15.3. The molecule has 1 aliphatic rings. The highest BCUT2D eigenvalue weighted by Crippen LogP contribution is 2.28. The van der Waals surface area contributed by atoms with Crippen molar-refractivity contribution in [3.8, 4) is 5.75 Å². The molecule has 1 aromatic rings. The maximum Gasteiger partial charge on any atom is 0.128 e. The molecule has 2 unspecified atom stereocenters. The summed E-state index contributed by atoms with van der Waals surface area (Å²) in [7, 11) is 1.73. The van der Waals surface area contributed by atoms with Crippen LogP contribution in [-0.4, -0.2) is 18.6 Å². The molecule has 2 rings (SSSR count). The van der Waals surface area contributed by atoms with E-state index in [2.05, 4.69) is 24.1 Å². The number of aromatic nitrogens is 1. The lowest BCUT2D eigenvalue weighted by molar-refractivity contribution is 0.274. The van der Waals surface area contributed by atoms with Gasteiger partial charge >= 0.3 is 0 Å². The SMILES string of the molecule is COc1c(C)cnc(CNCC2CCCC(C)C2)c1C. The highest BCUT2D eigenvalue weighted by Gasteiger charge is 2.18. The molecule has 0 saturated heterocycles. The van der Waals surface area contributed by atoms with Crippen molar-refractivity contribution in [2.45, 2.75) is 53.0 Å². The van der Waals surface area contributed by atoms with Gasteiger partial charge in [-0.25, -0.2) is 0 Å². The van der Waals surface area contributed by atoms with Crippen LogP contribution >= 0.6 is 0 Å². The predicted molar refractivity (Wildman–Crippen MR) is 83.1 cm³/mol. The number of rotatable bonds is 5. The molecule has 112 valence electrons. The van der Waals surface area contributed by atoms with E-state index in [1.54, 1.807) is 7.11 Å². The maximum absolute atomic E-state index is 5.46. The van der Waals surface area contributed by atoms with Crippen molar-refractivity contribution in [1.29, 1.82) is 0 Å². The van der Waals surface area contributed by atoms with Crippen LogP contribution in [0.3, 0.4) is 0 Å². The second-order valence-electron chi connectivity index (χ2n) is 6.31. The van der Waals surface area contributed by atoms with Crippen molar-refractivity contribution >= 4 is 0 Å². The summed E-state index contributed by atoms with van der Waals surface area (Å²) in [6.45, 7) is 8.47. The van der Waals surface area contributed by atoms with Gasteiger partial charge in [0, 0.05) is 23.9 Å². The Morgan fingerprint density at radius 1 is 1.35 bits per heavy atom. The standard InChI is InChI=1S/C17H28N2O/c1-12-6-5-7-15(8-12)10-18-11-16-14(3)17(20-4)13(2)9-19-16/h9,12,15,18H,5-8,10-11H2,1-4H3. The molecule has 0 amide bonds. The van der Waals surface area contributed by atoms with Gasteiger partial charge in [0.2, 0.25) is 0 Å². The molecule has 1 N–H and O–H groups in total. The van der Waals surface area contributed by atoms with Crippen LogP contribution in [0.25, 0.3) is 0 Å². The first-order chi connectivity index (χ1) is 9.61. The van der Waals surface area contributed by atoms with E-state index < -0.39 is 0 Å². The van der Waals surface area contributed by atoms with Gasteiger partial charge in [0.1, 0.15) is 5.75 Å². The van der Waals surface area contributed by atoms with E-state index in [1.165, 1.54) is 25.7 Å². The van der Waals surface area contributed by atoms with Crippen molar-refractivity contribution in [1.82, 2.24) is 10.3 Å². The Bertz CT molecular complexity index is 445. The zero-order valence-corrected chi connectivity index (χ0v) is 13.3. The molecule has 0 aliphatic heterocycles. The summed E-state index contributed by atoms with van der Waals surface area (Å²) in [5, 5.41) is 3.59. The number of hydrogen-bond acceptors (Lipinski definition) is 3. The Morgan fingerprint density at radius 3 is 2.85 bits per heavy atom. The van der Waals surface area contributed by atoms with Gasteiger partial charge in [0.25, 0.3) is 0 Å². The number of pyridine rings is 1. The Morgan fingerprint density at radius 2 is 2.15 bits per heavy atom. The van der Waals surface area contributed by atoms with Crippen LogP contribution in [0.5, 0.6) is 5.75 Å². The van der Waals surface area contributed by atoms with Gasteiger partial charge in [-0.05, 0) is 45.1 Å². The lowest BCUT2D eigenvalue weighted by Gasteiger charge is -2.27. The lowest BCUT2D eigenvalue weighted by atomic mass is 9.82. The topological polar surface area (TPSA) is 34.1 Å². The molecule has 3 heteroatoms. The fourth-order valence-electron chi connectivity index (χ4n) is 3.39. The minimum absolute atomic E-state index is 0.839. The van der Waals surface area contributed by atoms with Crippen LogP contribution in [-0.2, 0) is 6.54 Å². The van der Waals surface area contributed by atoms with Gasteiger partial charge in [-0.2, -0.15) is 0 Å². The molecule has 0 radical (unpaired) electrons. The van der Waals surface area contributed by atoms with Crippen LogP contribution in [0, 0.1) is 25.7 Å². The van der Waals surface area contributed by atoms with Gasteiger partial charge in [-0.1, -0.05) is 19.8 Å². The van der Waals surface area contributed by atoms with Crippen molar-refractivity contribution < 1.29 is 4.74 Å². The van der Waals surface area contributed by atoms with Crippen LogP contribution in [0.1, 0.15) is 49.4 Å². The van der Waals surface area contributed by atoms with E-state index in [-0.39, 0.29) is 0 Å². The van der Waals surface area contributed by atoms with E-state index in [9.17, 15) is 0 Å². The Labute approximate surface area is 123 Å². The van der Waals surface area contributed by atoms with Crippen molar-refractivity contribution in [3.05, 3.63) is 23.0 Å². The minimum atomic E-state index is 0.839. The van der Waals surface area contributed by atoms with Crippen LogP contribution < -0.4 is 10.1 Å². The number of ether oxygens (including phenoxy) is 1. The second-order valence-corrected chi connectivity index (χ2v) is 6.31. The molecule has 1 saturated carbocycles. The van der Waals surface area contributed by atoms with Gasteiger partial charge in [-0.15, -0.1) is 0 Å². The number of hydrogen-bond donors (Lipinski definition) is 1. The summed E-state index contributed by atoms with van der Waals surface area (Å²) in [6.07, 6.45) is 7.46. The summed E-state index contributed by atoms with van der Waals surface area (Å²) in [5.74, 6) is 2.71. The zero-order valence-electron chi connectivity index (χ0n) is 13.3. The van der Waals surface area contributed by atoms with Crippen LogP contribution in [0.15, 0.2) is 6.20 Å². The first-order valence-corrected chi connectivity index (χ1v) is 7.81. The van der Waals surface area contributed by atoms with E-state index >= 15 is 0 Å². The highest BCUT2D eigenvalue weighted by atomic mass is 16.5. The second kappa shape index (κ2) is 7.07. The van der Waals surface area contributed by atoms with Crippen molar-refractivity contribution in [2.75, 3.05) is 13.7 Å². The summed E-state index contributed by atoms with van der Waals surface area (Å²) in [5.41, 5.74) is 3.38. The molecule has 3 nitrogen and oxygen atoms in total. The maximum atomic E-state index is 5.46. The third kappa shape index (κ3) is 3.72. The summed E-state index contributed by atoms with van der Waals surface area (Å²) >= 11 is 0. The number of aryl methyl sites for hydroxylation is 1. The van der Waals surface area contributed by atoms with Crippen molar-refractivity contribution in [2.24, 2.45) is 11.8 Å². The minimum Gasteiger partial charge on any atom is -0.496 e. The Balaban J connectivity index is 1.88. The van der Waals surface area contributed by atoms with Gasteiger partial charge in [-0.3, -0.25) is 4.98 Å². The fourth-order valence-corrected chi connectivity index (χ4v) is 3.39. The largest absolute Gasteiger partial charge is 0.496 e. The number of nitrogens with zero attached hydrogens (tertiary/aromatic N) is 1. The van der Waals surface area contributed by atoms with Crippen molar-refractivity contribution in [3.63, 3.8) is 0 Å². The lowest BCUT2D eigenvalue weighted by Crippen LogP contribution is -2.27. The molecule has 1 fully saturated rings. The molecule has 1 aromatic heterocycles. The summed E-state index contributed by atoms with van der Waals surface area (Å²) < 4.78 is 5.46. The molecule has 0 bridgehead atoms. The third-order valence-corrected chi connectivity index (χ3v) is 4.52. The quantitative estimate of drug-likeness (QED) is 0.892. The van der Waals surface area contributed by atoms with E-state index in [0.717, 1.165) is 47.5 Å². The summed E-state index contributed by atoms with van der Waals surface area (Å²) in [4.78, 5) is 4.54. The molecule has 0 aromatic carbocycles.